The molecule has 0 bridgehead atoms. The van der Waals surface area contributed by atoms with Gasteiger partial charge in [-0.25, -0.2) is 9.78 Å². The van der Waals surface area contributed by atoms with Gasteiger partial charge >= 0.3 is 5.97 Å². The standard InChI is InChI=1S/C13H13NO2S/c1-3-16-13(15)11-9(2)17-12(14-11)10-7-5-4-6-8-10/h4-8H,3H2,1-2H3. The number of aryl methyl sites for hydroxylation is 1. The lowest BCUT2D eigenvalue weighted by Gasteiger charge is -1.98. The van der Waals surface area contributed by atoms with Crippen molar-refractivity contribution in [2.75, 3.05) is 6.61 Å². The number of rotatable bonds is 3. The summed E-state index contributed by atoms with van der Waals surface area (Å²) in [6, 6.07) is 9.82. The Morgan fingerprint density at radius 2 is 2.06 bits per heavy atom. The monoisotopic (exact) mass is 247 g/mol. The van der Waals surface area contributed by atoms with Crippen LogP contribution in [0.25, 0.3) is 10.6 Å². The van der Waals surface area contributed by atoms with Crippen LogP contribution < -0.4 is 0 Å². The quantitative estimate of drug-likeness (QED) is 0.781. The number of carbonyl (C=O) groups excluding carboxylic acids is 1. The van der Waals surface area contributed by atoms with E-state index in [1.807, 2.05) is 37.3 Å². The zero-order valence-corrected chi connectivity index (χ0v) is 10.6. The molecule has 0 amide bonds. The first-order valence-electron chi connectivity index (χ1n) is 5.42. The Labute approximate surface area is 104 Å². The van der Waals surface area contributed by atoms with Crippen molar-refractivity contribution in [1.29, 1.82) is 0 Å². The number of thiazole rings is 1. The van der Waals surface area contributed by atoms with Gasteiger partial charge in [0.2, 0.25) is 0 Å². The largest absolute Gasteiger partial charge is 0.461 e. The van der Waals surface area contributed by atoms with E-state index in [1.54, 1.807) is 6.92 Å². The van der Waals surface area contributed by atoms with E-state index in [-0.39, 0.29) is 5.97 Å². The molecule has 1 aromatic heterocycles. The fourth-order valence-corrected chi connectivity index (χ4v) is 2.40. The SMILES string of the molecule is CCOC(=O)c1nc(-c2ccccc2)sc1C. The Bertz CT molecular complexity index is 519. The lowest BCUT2D eigenvalue weighted by Crippen LogP contribution is -2.06. The summed E-state index contributed by atoms with van der Waals surface area (Å²) in [5, 5.41) is 0.853. The Morgan fingerprint density at radius 3 is 2.71 bits per heavy atom. The van der Waals surface area contributed by atoms with Crippen LogP contribution in [-0.2, 0) is 4.74 Å². The molecule has 0 saturated heterocycles. The molecule has 2 aromatic rings. The second kappa shape index (κ2) is 5.10. The van der Waals surface area contributed by atoms with Crippen molar-refractivity contribution < 1.29 is 9.53 Å². The van der Waals surface area contributed by atoms with Crippen molar-refractivity contribution in [2.45, 2.75) is 13.8 Å². The molecule has 17 heavy (non-hydrogen) atoms. The van der Waals surface area contributed by atoms with Crippen LogP contribution in [0, 0.1) is 6.92 Å². The molecule has 0 aliphatic carbocycles. The predicted octanol–water partition coefficient (Wildman–Crippen LogP) is 3.30. The summed E-state index contributed by atoms with van der Waals surface area (Å²) in [7, 11) is 0. The fourth-order valence-electron chi connectivity index (χ4n) is 1.49. The first-order chi connectivity index (χ1) is 8.22. The zero-order chi connectivity index (χ0) is 12.3. The van der Waals surface area contributed by atoms with Gasteiger partial charge in [-0.2, -0.15) is 0 Å². The highest BCUT2D eigenvalue weighted by atomic mass is 32.1. The summed E-state index contributed by atoms with van der Waals surface area (Å²) in [4.78, 5) is 16.9. The Kier molecular flexibility index (Phi) is 3.54. The molecule has 0 fully saturated rings. The maximum Gasteiger partial charge on any atom is 0.358 e. The molecular formula is C13H13NO2S. The van der Waals surface area contributed by atoms with E-state index in [4.69, 9.17) is 4.74 Å². The van der Waals surface area contributed by atoms with Gasteiger partial charge in [0.05, 0.1) is 6.61 Å². The maximum atomic E-state index is 11.6. The number of carbonyl (C=O) groups is 1. The maximum absolute atomic E-state index is 11.6. The average molecular weight is 247 g/mol. The molecule has 88 valence electrons. The Morgan fingerprint density at radius 1 is 1.35 bits per heavy atom. The Balaban J connectivity index is 2.34. The van der Waals surface area contributed by atoms with Crippen LogP contribution in [0.15, 0.2) is 30.3 Å². The van der Waals surface area contributed by atoms with Gasteiger partial charge < -0.3 is 4.74 Å². The van der Waals surface area contributed by atoms with Crippen LogP contribution in [0.1, 0.15) is 22.3 Å². The second-order valence-electron chi connectivity index (χ2n) is 3.51. The number of ether oxygens (including phenoxy) is 1. The van der Waals surface area contributed by atoms with Gasteiger partial charge in [0, 0.05) is 10.4 Å². The lowest BCUT2D eigenvalue weighted by atomic mass is 10.2. The number of esters is 1. The molecular weight excluding hydrogens is 234 g/mol. The van der Waals surface area contributed by atoms with Crippen LogP contribution in [0.2, 0.25) is 0 Å². The highest BCUT2D eigenvalue weighted by Crippen LogP contribution is 2.27. The van der Waals surface area contributed by atoms with Gasteiger partial charge in [-0.3, -0.25) is 0 Å². The van der Waals surface area contributed by atoms with Gasteiger partial charge in [-0.05, 0) is 13.8 Å². The third kappa shape index (κ3) is 2.53. The third-order valence-corrected chi connectivity index (χ3v) is 3.31. The first-order valence-corrected chi connectivity index (χ1v) is 6.24. The topological polar surface area (TPSA) is 39.2 Å². The lowest BCUT2D eigenvalue weighted by molar-refractivity contribution is 0.0519. The van der Waals surface area contributed by atoms with Gasteiger partial charge in [-0.1, -0.05) is 30.3 Å². The van der Waals surface area contributed by atoms with Crippen molar-refractivity contribution >= 4 is 17.3 Å². The smallest absolute Gasteiger partial charge is 0.358 e. The molecule has 0 saturated carbocycles. The molecule has 1 heterocycles. The number of nitrogens with zero attached hydrogens (tertiary/aromatic N) is 1. The summed E-state index contributed by atoms with van der Waals surface area (Å²) in [5.74, 6) is -0.344. The van der Waals surface area contributed by atoms with E-state index in [0.717, 1.165) is 15.4 Å². The summed E-state index contributed by atoms with van der Waals surface area (Å²) in [6.07, 6.45) is 0. The Hall–Kier alpha value is -1.68. The molecule has 2 rings (SSSR count). The minimum Gasteiger partial charge on any atom is -0.461 e. The van der Waals surface area contributed by atoms with Crippen LogP contribution in [0.3, 0.4) is 0 Å². The van der Waals surface area contributed by atoms with E-state index in [0.29, 0.717) is 12.3 Å². The van der Waals surface area contributed by atoms with Gasteiger partial charge in [0.15, 0.2) is 5.69 Å². The number of aromatic nitrogens is 1. The third-order valence-electron chi connectivity index (χ3n) is 2.29. The summed E-state index contributed by atoms with van der Waals surface area (Å²) >= 11 is 1.51. The summed E-state index contributed by atoms with van der Waals surface area (Å²) in [5.41, 5.74) is 1.45. The van der Waals surface area contributed by atoms with Crippen molar-refractivity contribution in [3.63, 3.8) is 0 Å². The number of hydrogen-bond donors (Lipinski definition) is 0. The minimum absolute atomic E-state index is 0.344. The molecule has 0 aliphatic heterocycles. The molecule has 0 unspecified atom stereocenters. The molecule has 0 aliphatic rings. The predicted molar refractivity (Wildman–Crippen MR) is 68.2 cm³/mol. The molecule has 1 aromatic carbocycles. The van der Waals surface area contributed by atoms with E-state index >= 15 is 0 Å². The summed E-state index contributed by atoms with van der Waals surface area (Å²) < 4.78 is 4.96. The second-order valence-corrected chi connectivity index (χ2v) is 4.71. The van der Waals surface area contributed by atoms with Crippen LogP contribution in [0.5, 0.6) is 0 Å². The molecule has 3 nitrogen and oxygen atoms in total. The van der Waals surface area contributed by atoms with E-state index < -0.39 is 0 Å². The molecule has 0 N–H and O–H groups in total. The van der Waals surface area contributed by atoms with Crippen LogP contribution >= 0.6 is 11.3 Å². The van der Waals surface area contributed by atoms with E-state index in [2.05, 4.69) is 4.98 Å². The van der Waals surface area contributed by atoms with Crippen molar-refractivity contribution in [1.82, 2.24) is 4.98 Å². The van der Waals surface area contributed by atoms with Crippen LogP contribution in [-0.4, -0.2) is 17.6 Å². The molecule has 0 spiro atoms. The van der Waals surface area contributed by atoms with Gasteiger partial charge in [-0.15, -0.1) is 11.3 Å². The first kappa shape index (κ1) is 11.8. The van der Waals surface area contributed by atoms with Crippen molar-refractivity contribution in [3.05, 3.63) is 40.9 Å². The van der Waals surface area contributed by atoms with Crippen LogP contribution in [0.4, 0.5) is 0 Å². The molecule has 0 radical (unpaired) electrons. The van der Waals surface area contributed by atoms with E-state index in [1.165, 1.54) is 11.3 Å². The number of hydrogen-bond acceptors (Lipinski definition) is 4. The summed E-state index contributed by atoms with van der Waals surface area (Å²) in [6.45, 7) is 4.05. The molecule has 4 heteroatoms. The average Bonchev–Trinajstić information content (AvgIpc) is 2.73. The van der Waals surface area contributed by atoms with Crippen molar-refractivity contribution in [2.24, 2.45) is 0 Å². The number of benzene rings is 1. The van der Waals surface area contributed by atoms with E-state index in [9.17, 15) is 4.79 Å². The van der Waals surface area contributed by atoms with Gasteiger partial charge in [0.1, 0.15) is 5.01 Å². The zero-order valence-electron chi connectivity index (χ0n) is 9.77. The fraction of sp³-hybridized carbons (Fsp3) is 0.231. The highest BCUT2D eigenvalue weighted by molar-refractivity contribution is 7.15. The van der Waals surface area contributed by atoms with Gasteiger partial charge in [0.25, 0.3) is 0 Å². The van der Waals surface area contributed by atoms with Crippen molar-refractivity contribution in [3.8, 4) is 10.6 Å². The minimum atomic E-state index is -0.344. The highest BCUT2D eigenvalue weighted by Gasteiger charge is 2.16. The normalized spacial score (nSPS) is 10.2. The molecule has 0 atom stereocenters.